The van der Waals surface area contributed by atoms with Crippen LogP contribution in [0.5, 0.6) is 5.75 Å². The fourth-order valence-corrected chi connectivity index (χ4v) is 3.92. The Hall–Kier alpha value is -1.48. The van der Waals surface area contributed by atoms with Gasteiger partial charge in [0.1, 0.15) is 17.1 Å². The molecule has 2 heterocycles. The molecule has 1 aliphatic heterocycles. The average Bonchev–Trinajstić information content (AvgIpc) is 2.90. The lowest BCUT2D eigenvalue weighted by Gasteiger charge is -2.27. The van der Waals surface area contributed by atoms with Gasteiger partial charge < -0.3 is 9.52 Å². The maximum absolute atomic E-state index is 10.4. The molecule has 1 aromatic heterocycles. The zero-order chi connectivity index (χ0) is 14.2. The summed E-state index contributed by atoms with van der Waals surface area (Å²) in [5.74, 6) is 1.59. The molecule has 1 aliphatic carbocycles. The van der Waals surface area contributed by atoms with E-state index in [2.05, 4.69) is 4.90 Å². The highest BCUT2D eigenvalue weighted by Crippen LogP contribution is 2.38. The SMILES string of the molecule is Oc1ccc2oc3c(c2c1CN1CCCCC1)CCCC3. The Kier molecular flexibility index (Phi) is 3.38. The summed E-state index contributed by atoms with van der Waals surface area (Å²) in [6.45, 7) is 3.15. The van der Waals surface area contributed by atoms with E-state index in [9.17, 15) is 5.11 Å². The lowest BCUT2D eigenvalue weighted by atomic mass is 9.93. The Bertz CT molecular complexity index is 653. The summed E-state index contributed by atoms with van der Waals surface area (Å²) in [5, 5.41) is 11.6. The van der Waals surface area contributed by atoms with Crippen LogP contribution < -0.4 is 0 Å². The predicted molar refractivity (Wildman–Crippen MR) is 83.6 cm³/mol. The number of piperidine rings is 1. The zero-order valence-electron chi connectivity index (χ0n) is 12.5. The molecule has 3 heteroatoms. The minimum Gasteiger partial charge on any atom is -0.508 e. The molecule has 1 fully saturated rings. The number of benzene rings is 1. The number of nitrogens with zero attached hydrogens (tertiary/aromatic N) is 1. The van der Waals surface area contributed by atoms with Gasteiger partial charge in [-0.3, -0.25) is 4.90 Å². The number of phenolic OH excluding ortho intramolecular Hbond substituents is 1. The maximum atomic E-state index is 10.4. The molecule has 21 heavy (non-hydrogen) atoms. The highest BCUT2D eigenvalue weighted by Gasteiger charge is 2.23. The van der Waals surface area contributed by atoms with E-state index in [1.54, 1.807) is 6.07 Å². The van der Waals surface area contributed by atoms with Crippen LogP contribution in [0.1, 0.15) is 49.0 Å². The Morgan fingerprint density at radius 3 is 2.67 bits per heavy atom. The third-order valence-corrected chi connectivity index (χ3v) is 5.03. The van der Waals surface area contributed by atoms with E-state index in [4.69, 9.17) is 4.42 Å². The third-order valence-electron chi connectivity index (χ3n) is 5.03. The van der Waals surface area contributed by atoms with Crippen molar-refractivity contribution in [1.82, 2.24) is 4.90 Å². The van der Waals surface area contributed by atoms with Gasteiger partial charge in [0, 0.05) is 29.5 Å². The van der Waals surface area contributed by atoms with Gasteiger partial charge >= 0.3 is 0 Å². The van der Waals surface area contributed by atoms with Crippen molar-refractivity contribution in [3.05, 3.63) is 29.0 Å². The fourth-order valence-electron chi connectivity index (χ4n) is 3.92. The monoisotopic (exact) mass is 285 g/mol. The molecule has 4 rings (SSSR count). The van der Waals surface area contributed by atoms with Crippen LogP contribution in [0.15, 0.2) is 16.5 Å². The molecule has 0 saturated carbocycles. The topological polar surface area (TPSA) is 36.6 Å². The Labute approximate surface area is 125 Å². The summed E-state index contributed by atoms with van der Waals surface area (Å²) in [6, 6.07) is 3.74. The van der Waals surface area contributed by atoms with Crippen molar-refractivity contribution < 1.29 is 9.52 Å². The smallest absolute Gasteiger partial charge is 0.135 e. The van der Waals surface area contributed by atoms with Crippen LogP contribution in [-0.4, -0.2) is 23.1 Å². The minimum absolute atomic E-state index is 0.433. The van der Waals surface area contributed by atoms with Crippen LogP contribution in [-0.2, 0) is 19.4 Å². The molecule has 0 radical (unpaired) electrons. The fraction of sp³-hybridized carbons (Fsp3) is 0.556. The quantitative estimate of drug-likeness (QED) is 0.906. The average molecular weight is 285 g/mol. The summed E-state index contributed by atoms with van der Waals surface area (Å²) in [7, 11) is 0. The van der Waals surface area contributed by atoms with Crippen LogP contribution >= 0.6 is 0 Å². The van der Waals surface area contributed by atoms with Crippen molar-refractivity contribution in [2.24, 2.45) is 0 Å². The number of furan rings is 1. The van der Waals surface area contributed by atoms with Gasteiger partial charge in [0.15, 0.2) is 0 Å². The van der Waals surface area contributed by atoms with Crippen LogP contribution in [0.3, 0.4) is 0 Å². The zero-order valence-corrected chi connectivity index (χ0v) is 12.5. The summed E-state index contributed by atoms with van der Waals surface area (Å²) >= 11 is 0. The normalized spacial score (nSPS) is 19.8. The van der Waals surface area contributed by atoms with Gasteiger partial charge in [0.05, 0.1) is 0 Å². The molecule has 3 nitrogen and oxygen atoms in total. The third kappa shape index (κ3) is 2.34. The van der Waals surface area contributed by atoms with Gasteiger partial charge in [-0.1, -0.05) is 6.42 Å². The van der Waals surface area contributed by atoms with E-state index in [1.165, 1.54) is 43.1 Å². The van der Waals surface area contributed by atoms with Gasteiger partial charge in [0.2, 0.25) is 0 Å². The number of aromatic hydroxyl groups is 1. The van der Waals surface area contributed by atoms with E-state index >= 15 is 0 Å². The van der Waals surface area contributed by atoms with E-state index < -0.39 is 0 Å². The first-order chi connectivity index (χ1) is 10.3. The standard InChI is InChI=1S/C18H23NO2/c20-15-8-9-17-18(13-6-2-3-7-16(13)21-17)14(15)12-19-10-4-1-5-11-19/h8-9,20H,1-7,10-12H2. The second kappa shape index (κ2) is 5.38. The van der Waals surface area contributed by atoms with Gasteiger partial charge in [-0.15, -0.1) is 0 Å². The highest BCUT2D eigenvalue weighted by molar-refractivity contribution is 5.88. The van der Waals surface area contributed by atoms with Crippen molar-refractivity contribution in [1.29, 1.82) is 0 Å². The number of likely N-dealkylation sites (tertiary alicyclic amines) is 1. The Morgan fingerprint density at radius 1 is 1.00 bits per heavy atom. The summed E-state index contributed by atoms with van der Waals surface area (Å²) in [6.07, 6.45) is 8.50. The Balaban J connectivity index is 1.78. The molecular formula is C18H23NO2. The largest absolute Gasteiger partial charge is 0.508 e. The molecule has 2 aliphatic rings. The highest BCUT2D eigenvalue weighted by atomic mass is 16.3. The molecule has 0 atom stereocenters. The van der Waals surface area contributed by atoms with Crippen molar-refractivity contribution in [2.45, 2.75) is 51.5 Å². The van der Waals surface area contributed by atoms with Crippen LogP contribution in [0.2, 0.25) is 0 Å². The molecule has 112 valence electrons. The van der Waals surface area contributed by atoms with Crippen molar-refractivity contribution in [2.75, 3.05) is 13.1 Å². The lowest BCUT2D eigenvalue weighted by molar-refractivity contribution is 0.219. The number of hydrogen-bond acceptors (Lipinski definition) is 3. The maximum Gasteiger partial charge on any atom is 0.135 e. The molecule has 0 spiro atoms. The number of rotatable bonds is 2. The Morgan fingerprint density at radius 2 is 1.81 bits per heavy atom. The minimum atomic E-state index is 0.433. The molecule has 0 bridgehead atoms. The van der Waals surface area contributed by atoms with Gasteiger partial charge in [0.25, 0.3) is 0 Å². The molecule has 1 N–H and O–H groups in total. The lowest BCUT2D eigenvalue weighted by Crippen LogP contribution is -2.29. The van der Waals surface area contributed by atoms with E-state index in [0.717, 1.165) is 49.4 Å². The molecule has 0 amide bonds. The van der Waals surface area contributed by atoms with Crippen LogP contribution in [0.25, 0.3) is 11.0 Å². The summed E-state index contributed by atoms with van der Waals surface area (Å²) in [5.41, 5.74) is 3.41. The molecular weight excluding hydrogens is 262 g/mol. The molecule has 2 aromatic rings. The number of aryl methyl sites for hydroxylation is 2. The van der Waals surface area contributed by atoms with Gasteiger partial charge in [-0.05, 0) is 57.3 Å². The van der Waals surface area contributed by atoms with Crippen LogP contribution in [0.4, 0.5) is 0 Å². The van der Waals surface area contributed by atoms with E-state index in [1.807, 2.05) is 6.07 Å². The first kappa shape index (κ1) is 13.2. The first-order valence-corrected chi connectivity index (χ1v) is 8.30. The second-order valence-corrected chi connectivity index (χ2v) is 6.48. The van der Waals surface area contributed by atoms with Crippen molar-refractivity contribution >= 4 is 11.0 Å². The number of hydrogen-bond donors (Lipinski definition) is 1. The van der Waals surface area contributed by atoms with E-state index in [-0.39, 0.29) is 0 Å². The number of phenols is 1. The molecule has 1 saturated heterocycles. The van der Waals surface area contributed by atoms with E-state index in [0.29, 0.717) is 5.75 Å². The van der Waals surface area contributed by atoms with Crippen molar-refractivity contribution in [3.8, 4) is 5.75 Å². The number of fused-ring (bicyclic) bond motifs is 3. The predicted octanol–water partition coefficient (Wildman–Crippen LogP) is 4.00. The van der Waals surface area contributed by atoms with Gasteiger partial charge in [-0.2, -0.15) is 0 Å². The molecule has 1 aromatic carbocycles. The first-order valence-electron chi connectivity index (χ1n) is 8.30. The second-order valence-electron chi connectivity index (χ2n) is 6.48. The molecule has 0 unspecified atom stereocenters. The van der Waals surface area contributed by atoms with Gasteiger partial charge in [-0.25, -0.2) is 0 Å². The summed E-state index contributed by atoms with van der Waals surface area (Å²) in [4.78, 5) is 2.47. The summed E-state index contributed by atoms with van der Waals surface area (Å²) < 4.78 is 6.05. The van der Waals surface area contributed by atoms with Crippen molar-refractivity contribution in [3.63, 3.8) is 0 Å². The van der Waals surface area contributed by atoms with Crippen LogP contribution in [0, 0.1) is 0 Å².